The van der Waals surface area contributed by atoms with Crippen LogP contribution in [-0.4, -0.2) is 43.9 Å². The summed E-state index contributed by atoms with van der Waals surface area (Å²) in [6, 6.07) is 0. The summed E-state index contributed by atoms with van der Waals surface area (Å²) in [7, 11) is -3.62. The van der Waals surface area contributed by atoms with Crippen molar-refractivity contribution in [2.75, 3.05) is 19.3 Å². The summed E-state index contributed by atoms with van der Waals surface area (Å²) in [5.41, 5.74) is 2.87. The topological polar surface area (TPSA) is 95.9 Å². The van der Waals surface area contributed by atoms with E-state index < -0.39 is 16.2 Å². The normalized spacial score (nSPS) is 16.8. The lowest BCUT2D eigenvalue weighted by Gasteiger charge is -2.26. The van der Waals surface area contributed by atoms with Crippen LogP contribution in [0.25, 0.3) is 0 Å². The third-order valence-corrected chi connectivity index (χ3v) is 2.96. The number of rotatable bonds is 3. The molecular formula is C8H13ClN2O5S. The van der Waals surface area contributed by atoms with Crippen molar-refractivity contribution in [3.05, 3.63) is 10.7 Å². The van der Waals surface area contributed by atoms with Crippen LogP contribution in [0.15, 0.2) is 10.7 Å². The van der Waals surface area contributed by atoms with Gasteiger partial charge in [-0.25, -0.2) is 10.3 Å². The molecule has 0 spiro atoms. The molecule has 1 rings (SSSR count). The van der Waals surface area contributed by atoms with Crippen LogP contribution in [0.5, 0.6) is 0 Å². The van der Waals surface area contributed by atoms with Crippen LogP contribution in [0.3, 0.4) is 0 Å². The third kappa shape index (κ3) is 4.80. The van der Waals surface area contributed by atoms with Gasteiger partial charge in [0, 0.05) is 13.1 Å². The molecule has 0 saturated carbocycles. The summed E-state index contributed by atoms with van der Waals surface area (Å²) in [6.07, 6.45) is 0.818. The number of carbonyl (C=O) groups is 1. The molecule has 17 heavy (non-hydrogen) atoms. The average molecular weight is 285 g/mol. The Hall–Kier alpha value is -0.990. The molecule has 0 aromatic heterocycles. The number of halogens is 1. The highest BCUT2D eigenvalue weighted by atomic mass is 35.5. The van der Waals surface area contributed by atoms with Crippen LogP contribution < -0.4 is 5.48 Å². The maximum atomic E-state index is 10.7. The van der Waals surface area contributed by atoms with Crippen molar-refractivity contribution in [1.82, 2.24) is 10.4 Å². The van der Waals surface area contributed by atoms with Gasteiger partial charge in [0.05, 0.1) is 6.26 Å². The first-order chi connectivity index (χ1) is 7.79. The lowest BCUT2D eigenvalue weighted by atomic mass is 10.1. The van der Waals surface area contributed by atoms with Crippen LogP contribution in [0.4, 0.5) is 4.79 Å². The predicted molar refractivity (Wildman–Crippen MR) is 60.8 cm³/mol. The first-order valence-electron chi connectivity index (χ1n) is 4.79. The Morgan fingerprint density at radius 3 is 2.41 bits per heavy atom. The van der Waals surface area contributed by atoms with Crippen molar-refractivity contribution in [2.24, 2.45) is 0 Å². The zero-order chi connectivity index (χ0) is 13.1. The summed E-state index contributed by atoms with van der Waals surface area (Å²) in [4.78, 5) is 11.9. The number of hydrogen-bond donors (Lipinski definition) is 2. The molecule has 1 fully saturated rings. The zero-order valence-electron chi connectivity index (χ0n) is 9.14. The zero-order valence-corrected chi connectivity index (χ0v) is 10.7. The fraction of sp³-hybridized carbons (Fsp3) is 0.625. The van der Waals surface area contributed by atoms with Crippen LogP contribution in [0, 0.1) is 0 Å². The van der Waals surface area contributed by atoms with Crippen molar-refractivity contribution < 1.29 is 22.6 Å². The van der Waals surface area contributed by atoms with Crippen molar-refractivity contribution in [3.63, 3.8) is 0 Å². The summed E-state index contributed by atoms with van der Waals surface area (Å²) >= 11 is 5.81. The van der Waals surface area contributed by atoms with Crippen LogP contribution >= 0.6 is 11.6 Å². The van der Waals surface area contributed by atoms with Gasteiger partial charge in [0.25, 0.3) is 10.1 Å². The Labute approximate surface area is 104 Å². The third-order valence-electron chi connectivity index (χ3n) is 2.23. The molecular weight excluding hydrogens is 272 g/mol. The van der Waals surface area contributed by atoms with Gasteiger partial charge in [0.1, 0.15) is 5.16 Å². The maximum absolute atomic E-state index is 10.7. The number of piperidine rings is 1. The SMILES string of the molecule is CS(=O)(=O)ONC(Cl)=C1CCN(C(=O)O)CC1. The molecule has 1 saturated heterocycles. The van der Waals surface area contributed by atoms with E-state index in [0.717, 1.165) is 11.8 Å². The molecule has 0 aromatic carbocycles. The second-order valence-electron chi connectivity index (χ2n) is 3.58. The predicted octanol–water partition coefficient (Wildman–Crippen LogP) is 0.691. The molecule has 7 nitrogen and oxygen atoms in total. The second-order valence-corrected chi connectivity index (χ2v) is 5.53. The largest absolute Gasteiger partial charge is 0.465 e. The number of nitrogens with zero attached hydrogens (tertiary/aromatic N) is 1. The summed E-state index contributed by atoms with van der Waals surface area (Å²) in [5.74, 6) is 0. The van der Waals surface area contributed by atoms with E-state index >= 15 is 0 Å². The second kappa shape index (κ2) is 5.56. The monoisotopic (exact) mass is 284 g/mol. The molecule has 0 aromatic rings. The molecule has 1 amide bonds. The first-order valence-corrected chi connectivity index (χ1v) is 6.99. The Balaban J connectivity index is 2.53. The van der Waals surface area contributed by atoms with Gasteiger partial charge in [-0.1, -0.05) is 11.6 Å². The first kappa shape index (κ1) is 14.1. The van der Waals surface area contributed by atoms with Crippen LogP contribution in [-0.2, 0) is 14.4 Å². The highest BCUT2D eigenvalue weighted by Crippen LogP contribution is 2.20. The highest BCUT2D eigenvalue weighted by Gasteiger charge is 2.20. The summed E-state index contributed by atoms with van der Waals surface area (Å²) in [5, 5.41) is 8.83. The summed E-state index contributed by atoms with van der Waals surface area (Å²) < 4.78 is 25.7. The Bertz CT molecular complexity index is 423. The minimum absolute atomic E-state index is 0.0977. The molecule has 9 heteroatoms. The molecule has 2 N–H and O–H groups in total. The molecule has 0 unspecified atom stereocenters. The van der Waals surface area contributed by atoms with Gasteiger partial charge < -0.3 is 10.0 Å². The lowest BCUT2D eigenvalue weighted by Crippen LogP contribution is -2.35. The lowest BCUT2D eigenvalue weighted by molar-refractivity contribution is 0.141. The maximum Gasteiger partial charge on any atom is 0.407 e. The molecule has 0 atom stereocenters. The van der Waals surface area contributed by atoms with Gasteiger partial charge >= 0.3 is 6.09 Å². The van der Waals surface area contributed by atoms with Gasteiger partial charge in [-0.2, -0.15) is 12.7 Å². The number of hydroxylamine groups is 1. The molecule has 1 aliphatic rings. The highest BCUT2D eigenvalue weighted by molar-refractivity contribution is 7.85. The van der Waals surface area contributed by atoms with Crippen molar-refractivity contribution >= 4 is 27.8 Å². The molecule has 1 aliphatic heterocycles. The van der Waals surface area contributed by atoms with Crippen LogP contribution in [0.2, 0.25) is 0 Å². The number of amides is 1. The standard InChI is InChI=1S/C8H13ClN2O5S/c1-17(14,15)16-10-7(9)6-2-4-11(5-3-6)8(12)13/h10H,2-5H2,1H3,(H,12,13). The average Bonchev–Trinajstić information content (AvgIpc) is 2.25. The minimum Gasteiger partial charge on any atom is -0.465 e. The van der Waals surface area contributed by atoms with E-state index in [2.05, 4.69) is 9.76 Å². The van der Waals surface area contributed by atoms with E-state index in [-0.39, 0.29) is 5.16 Å². The quantitative estimate of drug-likeness (QED) is 0.585. The van der Waals surface area contributed by atoms with E-state index in [9.17, 15) is 13.2 Å². The number of likely N-dealkylation sites (tertiary alicyclic amines) is 1. The summed E-state index contributed by atoms with van der Waals surface area (Å²) in [6.45, 7) is 0.670. The number of nitrogens with one attached hydrogen (secondary N) is 1. The van der Waals surface area contributed by atoms with Gasteiger partial charge in [-0.3, -0.25) is 0 Å². The Morgan fingerprint density at radius 1 is 1.47 bits per heavy atom. The molecule has 0 aliphatic carbocycles. The van der Waals surface area contributed by atoms with Crippen molar-refractivity contribution in [2.45, 2.75) is 12.8 Å². The molecule has 98 valence electrons. The van der Waals surface area contributed by atoms with Crippen molar-refractivity contribution in [3.8, 4) is 0 Å². The molecule has 0 bridgehead atoms. The fourth-order valence-electron chi connectivity index (χ4n) is 1.37. The van der Waals surface area contributed by atoms with E-state index in [1.807, 2.05) is 0 Å². The van der Waals surface area contributed by atoms with E-state index in [1.54, 1.807) is 0 Å². The number of hydrogen-bond acceptors (Lipinski definition) is 5. The smallest absolute Gasteiger partial charge is 0.407 e. The fourth-order valence-corrected chi connectivity index (χ4v) is 1.88. The van der Waals surface area contributed by atoms with Crippen molar-refractivity contribution in [1.29, 1.82) is 0 Å². The molecule has 1 heterocycles. The molecule has 0 radical (unpaired) electrons. The Kier molecular flexibility index (Phi) is 4.61. The minimum atomic E-state index is -3.62. The Morgan fingerprint density at radius 2 is 2.00 bits per heavy atom. The van der Waals surface area contributed by atoms with Gasteiger partial charge in [0.2, 0.25) is 0 Å². The van der Waals surface area contributed by atoms with Gasteiger partial charge in [-0.05, 0) is 18.4 Å². The van der Waals surface area contributed by atoms with Gasteiger partial charge in [0.15, 0.2) is 0 Å². The van der Waals surface area contributed by atoms with Crippen LogP contribution in [0.1, 0.15) is 12.8 Å². The van der Waals surface area contributed by atoms with E-state index in [4.69, 9.17) is 16.7 Å². The van der Waals surface area contributed by atoms with E-state index in [1.165, 1.54) is 4.90 Å². The van der Waals surface area contributed by atoms with Gasteiger partial charge in [-0.15, -0.1) is 0 Å². The van der Waals surface area contributed by atoms with E-state index in [0.29, 0.717) is 25.9 Å². The number of carboxylic acid groups (broad SMARTS) is 1.